The van der Waals surface area contributed by atoms with Crippen LogP contribution >= 0.6 is 0 Å². The number of benzene rings is 2. The lowest BCUT2D eigenvalue weighted by Gasteiger charge is -2.11. The van der Waals surface area contributed by atoms with Gasteiger partial charge in [-0.3, -0.25) is 9.98 Å². The van der Waals surface area contributed by atoms with Crippen molar-refractivity contribution >= 4 is 22.3 Å². The summed E-state index contributed by atoms with van der Waals surface area (Å²) in [5.74, 6) is 2.18. The number of nitrogens with one attached hydrogen (secondary N) is 1. The van der Waals surface area contributed by atoms with Gasteiger partial charge in [0.25, 0.3) is 0 Å². The van der Waals surface area contributed by atoms with Crippen molar-refractivity contribution < 1.29 is 4.74 Å². The van der Waals surface area contributed by atoms with Gasteiger partial charge in [0.05, 0.1) is 6.54 Å². The standard InChI is InChI=1S/C23H18N4O/c1-15-4-7-19(8-5-15)28-23-20-9-6-18(13-16(20)10-12-25-23)27-22-21-17(14-26-22)3-2-11-24-21/h2-13H,14H2,1H3,(H,26,27). The Morgan fingerprint density at radius 3 is 2.71 bits per heavy atom. The molecule has 0 fully saturated rings. The van der Waals surface area contributed by atoms with Gasteiger partial charge in [0.1, 0.15) is 11.4 Å². The van der Waals surface area contributed by atoms with Crippen LogP contribution in [-0.4, -0.2) is 15.8 Å². The molecule has 1 N–H and O–H groups in total. The van der Waals surface area contributed by atoms with Gasteiger partial charge in [-0.15, -0.1) is 0 Å². The first-order valence-electron chi connectivity index (χ1n) is 9.15. The smallest absolute Gasteiger partial charge is 0.227 e. The van der Waals surface area contributed by atoms with Gasteiger partial charge in [0.2, 0.25) is 5.88 Å². The van der Waals surface area contributed by atoms with Crippen LogP contribution in [0, 0.1) is 6.92 Å². The van der Waals surface area contributed by atoms with Crippen LogP contribution in [-0.2, 0) is 6.54 Å². The number of anilines is 1. The molecule has 3 heterocycles. The van der Waals surface area contributed by atoms with E-state index in [1.807, 2.05) is 48.5 Å². The highest BCUT2D eigenvalue weighted by molar-refractivity contribution is 6.10. The maximum absolute atomic E-state index is 6.00. The monoisotopic (exact) mass is 366 g/mol. The zero-order valence-corrected chi connectivity index (χ0v) is 15.4. The van der Waals surface area contributed by atoms with Crippen molar-refractivity contribution in [2.75, 3.05) is 5.32 Å². The maximum atomic E-state index is 6.00. The summed E-state index contributed by atoms with van der Waals surface area (Å²) >= 11 is 0. The van der Waals surface area contributed by atoms with Crippen molar-refractivity contribution in [3.63, 3.8) is 0 Å². The van der Waals surface area contributed by atoms with Gasteiger partial charge >= 0.3 is 0 Å². The minimum atomic E-state index is 0.595. The van der Waals surface area contributed by atoms with E-state index >= 15 is 0 Å². The molecular formula is C23H18N4O. The molecular weight excluding hydrogens is 348 g/mol. The largest absolute Gasteiger partial charge is 0.438 e. The van der Waals surface area contributed by atoms with E-state index in [0.29, 0.717) is 12.4 Å². The fourth-order valence-corrected chi connectivity index (χ4v) is 3.28. The highest BCUT2D eigenvalue weighted by atomic mass is 16.5. The lowest BCUT2D eigenvalue weighted by Crippen LogP contribution is -2.13. The lowest BCUT2D eigenvalue weighted by atomic mass is 10.1. The van der Waals surface area contributed by atoms with Gasteiger partial charge in [0, 0.05) is 29.0 Å². The van der Waals surface area contributed by atoms with E-state index in [0.717, 1.165) is 39.3 Å². The summed E-state index contributed by atoms with van der Waals surface area (Å²) in [5.41, 5.74) is 4.21. The Hall–Kier alpha value is -3.73. The van der Waals surface area contributed by atoms with Crippen LogP contribution in [0.2, 0.25) is 0 Å². The lowest BCUT2D eigenvalue weighted by molar-refractivity contribution is 0.469. The number of fused-ring (bicyclic) bond motifs is 2. The molecule has 2 aromatic carbocycles. The van der Waals surface area contributed by atoms with E-state index in [1.54, 1.807) is 12.4 Å². The Kier molecular flexibility index (Phi) is 3.98. The SMILES string of the molecule is Cc1ccc(Oc2nccc3cc(NC4=NCc5cccnc54)ccc23)cc1. The topological polar surface area (TPSA) is 59.4 Å². The number of pyridine rings is 2. The number of aliphatic imine (C=N–C) groups is 1. The first kappa shape index (κ1) is 16.4. The Bertz CT molecular complexity index is 1200. The van der Waals surface area contributed by atoms with Gasteiger partial charge in [-0.25, -0.2) is 4.98 Å². The summed E-state index contributed by atoms with van der Waals surface area (Å²) in [6.07, 6.45) is 3.56. The summed E-state index contributed by atoms with van der Waals surface area (Å²) < 4.78 is 6.00. The molecule has 0 aliphatic carbocycles. The fourth-order valence-electron chi connectivity index (χ4n) is 3.28. The van der Waals surface area contributed by atoms with Crippen molar-refractivity contribution in [2.45, 2.75) is 13.5 Å². The van der Waals surface area contributed by atoms with Gasteiger partial charge < -0.3 is 10.1 Å². The van der Waals surface area contributed by atoms with E-state index in [9.17, 15) is 0 Å². The molecule has 1 aliphatic rings. The van der Waals surface area contributed by atoms with E-state index in [2.05, 4.69) is 39.3 Å². The molecule has 5 rings (SSSR count). The molecule has 0 bridgehead atoms. The predicted octanol–water partition coefficient (Wildman–Crippen LogP) is 5.10. The summed E-state index contributed by atoms with van der Waals surface area (Å²) in [7, 11) is 0. The van der Waals surface area contributed by atoms with Crippen molar-refractivity contribution in [1.29, 1.82) is 0 Å². The average Bonchev–Trinajstić information content (AvgIpc) is 3.13. The number of ether oxygens (including phenoxy) is 1. The van der Waals surface area contributed by atoms with E-state index < -0.39 is 0 Å². The van der Waals surface area contributed by atoms with E-state index in [-0.39, 0.29) is 0 Å². The van der Waals surface area contributed by atoms with Crippen LogP contribution in [0.5, 0.6) is 11.6 Å². The van der Waals surface area contributed by atoms with Crippen LogP contribution in [0.15, 0.2) is 78.0 Å². The predicted molar refractivity (Wildman–Crippen MR) is 111 cm³/mol. The second-order valence-corrected chi connectivity index (χ2v) is 6.77. The molecule has 0 saturated heterocycles. The van der Waals surface area contributed by atoms with Crippen LogP contribution in [0.4, 0.5) is 5.69 Å². The number of hydrogen-bond acceptors (Lipinski definition) is 5. The van der Waals surface area contributed by atoms with Crippen LogP contribution in [0.25, 0.3) is 10.8 Å². The van der Waals surface area contributed by atoms with Crippen molar-refractivity contribution in [1.82, 2.24) is 9.97 Å². The number of aromatic nitrogens is 2. The first-order valence-corrected chi connectivity index (χ1v) is 9.15. The number of nitrogens with zero attached hydrogens (tertiary/aromatic N) is 3. The Morgan fingerprint density at radius 2 is 1.82 bits per heavy atom. The molecule has 28 heavy (non-hydrogen) atoms. The highest BCUT2D eigenvalue weighted by Gasteiger charge is 2.17. The van der Waals surface area contributed by atoms with E-state index in [4.69, 9.17) is 4.74 Å². The fraction of sp³-hybridized carbons (Fsp3) is 0.0870. The summed E-state index contributed by atoms with van der Waals surface area (Å²) in [5, 5.41) is 5.39. The van der Waals surface area contributed by atoms with Crippen LogP contribution in [0.3, 0.4) is 0 Å². The molecule has 0 atom stereocenters. The minimum Gasteiger partial charge on any atom is -0.438 e. The molecule has 136 valence electrons. The molecule has 0 spiro atoms. The summed E-state index contributed by atoms with van der Waals surface area (Å²) in [4.78, 5) is 13.4. The Balaban J connectivity index is 1.43. The third-order valence-corrected chi connectivity index (χ3v) is 4.75. The van der Waals surface area contributed by atoms with Gasteiger partial charge in [-0.1, -0.05) is 23.8 Å². The Labute approximate surface area is 162 Å². The second kappa shape index (κ2) is 6.78. The van der Waals surface area contributed by atoms with Crippen molar-refractivity contribution in [2.24, 2.45) is 4.99 Å². The quantitative estimate of drug-likeness (QED) is 0.548. The molecule has 2 aromatic heterocycles. The third kappa shape index (κ3) is 3.07. The number of aryl methyl sites for hydroxylation is 1. The third-order valence-electron chi connectivity index (χ3n) is 4.75. The number of rotatable bonds is 3. The summed E-state index contributed by atoms with van der Waals surface area (Å²) in [6, 6.07) is 20.0. The zero-order valence-electron chi connectivity index (χ0n) is 15.4. The molecule has 0 amide bonds. The molecule has 4 aromatic rings. The maximum Gasteiger partial charge on any atom is 0.227 e. The van der Waals surface area contributed by atoms with Crippen molar-refractivity contribution in [3.8, 4) is 11.6 Å². The molecule has 1 aliphatic heterocycles. The number of hydrogen-bond donors (Lipinski definition) is 1. The van der Waals surface area contributed by atoms with Crippen LogP contribution in [0.1, 0.15) is 16.8 Å². The molecule has 0 saturated carbocycles. The highest BCUT2D eigenvalue weighted by Crippen LogP contribution is 2.30. The Morgan fingerprint density at radius 1 is 0.929 bits per heavy atom. The van der Waals surface area contributed by atoms with E-state index in [1.165, 1.54) is 5.56 Å². The summed E-state index contributed by atoms with van der Waals surface area (Å²) in [6.45, 7) is 2.72. The number of amidine groups is 1. The molecule has 5 heteroatoms. The second-order valence-electron chi connectivity index (χ2n) is 6.77. The van der Waals surface area contributed by atoms with Gasteiger partial charge in [-0.2, -0.15) is 0 Å². The first-order chi connectivity index (χ1) is 13.8. The van der Waals surface area contributed by atoms with Gasteiger partial charge in [0.15, 0.2) is 5.84 Å². The van der Waals surface area contributed by atoms with Gasteiger partial charge in [-0.05, 0) is 54.8 Å². The van der Waals surface area contributed by atoms with Crippen LogP contribution < -0.4 is 10.1 Å². The minimum absolute atomic E-state index is 0.595. The molecule has 0 unspecified atom stereocenters. The molecule has 5 nitrogen and oxygen atoms in total. The average molecular weight is 366 g/mol. The molecule has 0 radical (unpaired) electrons. The zero-order chi connectivity index (χ0) is 18.9. The van der Waals surface area contributed by atoms with Crippen molar-refractivity contribution in [3.05, 3.63) is 89.9 Å². The normalized spacial score (nSPS) is 12.5.